The average molecular weight is 527 g/mol. The molecule has 0 aliphatic heterocycles. The van der Waals surface area contributed by atoms with Gasteiger partial charge in [-0.2, -0.15) is 4.99 Å². The normalized spacial score (nSPS) is 12.5. The lowest BCUT2D eigenvalue weighted by atomic mass is 9.96. The number of benzene rings is 4. The zero-order valence-electron chi connectivity index (χ0n) is 20.4. The first kappa shape index (κ1) is 24.9. The third-order valence-electron chi connectivity index (χ3n) is 6.26. The molecule has 0 N–H and O–H groups in total. The van der Waals surface area contributed by atoms with E-state index in [9.17, 15) is 9.18 Å². The molecular weight excluding hydrogens is 503 g/mol. The molecule has 0 saturated heterocycles. The minimum Gasteiger partial charge on any atom is -0.285 e. The van der Waals surface area contributed by atoms with Gasteiger partial charge < -0.3 is 0 Å². The van der Waals surface area contributed by atoms with E-state index in [1.807, 2.05) is 89.7 Å². The fourth-order valence-corrected chi connectivity index (χ4v) is 5.25. The van der Waals surface area contributed by atoms with Crippen molar-refractivity contribution in [2.24, 2.45) is 4.99 Å². The van der Waals surface area contributed by atoms with Gasteiger partial charge in [0.1, 0.15) is 5.82 Å². The van der Waals surface area contributed by atoms with Crippen molar-refractivity contribution in [1.82, 2.24) is 4.57 Å². The number of hydrogen-bond acceptors (Lipinski definition) is 2. The molecule has 4 aromatic carbocycles. The van der Waals surface area contributed by atoms with E-state index in [1.54, 1.807) is 19.1 Å². The number of carbonyl (C=O) groups excluding carboxylic acids is 1. The lowest BCUT2D eigenvalue weighted by Gasteiger charge is -2.12. The van der Waals surface area contributed by atoms with Crippen LogP contribution in [0.4, 0.5) is 4.39 Å². The highest BCUT2D eigenvalue weighted by Crippen LogP contribution is 2.28. The fourth-order valence-electron chi connectivity index (χ4n) is 4.21. The topological polar surface area (TPSA) is 34.4 Å². The van der Waals surface area contributed by atoms with Crippen LogP contribution in [0.3, 0.4) is 0 Å². The summed E-state index contributed by atoms with van der Waals surface area (Å²) in [6.07, 6.45) is 0. The van der Waals surface area contributed by atoms with Crippen molar-refractivity contribution in [3.63, 3.8) is 0 Å². The number of aryl methyl sites for hydroxylation is 1. The Kier molecular flexibility index (Phi) is 7.17. The Bertz CT molecular complexity index is 1640. The van der Waals surface area contributed by atoms with Gasteiger partial charge in [-0.3, -0.25) is 9.36 Å². The van der Waals surface area contributed by atoms with E-state index >= 15 is 0 Å². The van der Waals surface area contributed by atoms with Crippen molar-refractivity contribution in [2.45, 2.75) is 19.8 Å². The van der Waals surface area contributed by atoms with Gasteiger partial charge in [0.25, 0.3) is 5.91 Å². The summed E-state index contributed by atoms with van der Waals surface area (Å²) in [7, 11) is 0. The highest BCUT2D eigenvalue weighted by atomic mass is 35.5. The quantitative estimate of drug-likeness (QED) is 0.227. The zero-order chi connectivity index (χ0) is 25.9. The second-order valence-electron chi connectivity index (χ2n) is 8.86. The van der Waals surface area contributed by atoms with Gasteiger partial charge in [0.15, 0.2) is 4.80 Å². The highest BCUT2D eigenvalue weighted by molar-refractivity contribution is 7.07. The first-order chi connectivity index (χ1) is 17.9. The number of thiazole rings is 1. The second kappa shape index (κ2) is 10.7. The van der Waals surface area contributed by atoms with Crippen LogP contribution in [-0.2, 0) is 4.79 Å². The van der Waals surface area contributed by atoms with E-state index in [4.69, 9.17) is 11.6 Å². The number of rotatable bonds is 5. The molecule has 0 aliphatic carbocycles. The molecular formula is C31H24ClFN2OS. The molecule has 0 spiro atoms. The maximum Gasteiger partial charge on any atom is 0.255 e. The lowest BCUT2D eigenvalue weighted by Crippen LogP contribution is -2.18. The van der Waals surface area contributed by atoms with E-state index in [1.165, 1.54) is 17.4 Å². The maximum atomic E-state index is 15.0. The van der Waals surface area contributed by atoms with Crippen LogP contribution in [-0.4, -0.2) is 10.5 Å². The molecule has 1 unspecified atom stereocenters. The summed E-state index contributed by atoms with van der Waals surface area (Å²) in [6, 6.07) is 29.9. The van der Waals surface area contributed by atoms with Gasteiger partial charge in [0.05, 0.1) is 11.6 Å². The van der Waals surface area contributed by atoms with Crippen LogP contribution in [0.15, 0.2) is 107 Å². The molecule has 1 heterocycles. The molecule has 37 heavy (non-hydrogen) atoms. The average Bonchev–Trinajstić information content (AvgIpc) is 3.32. The van der Waals surface area contributed by atoms with Crippen molar-refractivity contribution < 1.29 is 9.18 Å². The van der Waals surface area contributed by atoms with Gasteiger partial charge >= 0.3 is 0 Å². The Morgan fingerprint density at radius 1 is 0.919 bits per heavy atom. The third kappa shape index (κ3) is 5.33. The van der Waals surface area contributed by atoms with E-state index in [0.29, 0.717) is 21.0 Å². The number of carbonyl (C=O) groups is 1. The van der Waals surface area contributed by atoms with Gasteiger partial charge in [-0.05, 0) is 66.4 Å². The first-order valence-corrected chi connectivity index (χ1v) is 13.1. The predicted molar refractivity (Wildman–Crippen MR) is 150 cm³/mol. The van der Waals surface area contributed by atoms with Gasteiger partial charge in [-0.25, -0.2) is 4.39 Å². The summed E-state index contributed by atoms with van der Waals surface area (Å²) >= 11 is 7.49. The van der Waals surface area contributed by atoms with Crippen LogP contribution in [0, 0.1) is 12.7 Å². The number of nitrogens with zero attached hydrogens (tertiary/aromatic N) is 2. The van der Waals surface area contributed by atoms with E-state index in [-0.39, 0.29) is 11.7 Å². The van der Waals surface area contributed by atoms with Crippen molar-refractivity contribution in [1.29, 1.82) is 0 Å². The molecule has 5 aromatic rings. The van der Waals surface area contributed by atoms with Crippen LogP contribution < -0.4 is 4.80 Å². The smallest absolute Gasteiger partial charge is 0.255 e. The minimum atomic E-state index is -0.605. The van der Waals surface area contributed by atoms with Crippen LogP contribution in [0.2, 0.25) is 5.02 Å². The van der Waals surface area contributed by atoms with Gasteiger partial charge in [0, 0.05) is 21.7 Å². The summed E-state index contributed by atoms with van der Waals surface area (Å²) < 4.78 is 17.0. The molecule has 5 rings (SSSR count). The summed E-state index contributed by atoms with van der Waals surface area (Å²) in [4.78, 5) is 18.4. The third-order valence-corrected chi connectivity index (χ3v) is 7.34. The molecule has 0 saturated carbocycles. The minimum absolute atomic E-state index is 0.335. The molecule has 1 aromatic heterocycles. The first-order valence-electron chi connectivity index (χ1n) is 11.9. The van der Waals surface area contributed by atoms with E-state index < -0.39 is 5.92 Å². The van der Waals surface area contributed by atoms with Crippen LogP contribution in [0.25, 0.3) is 28.1 Å². The number of hydrogen-bond donors (Lipinski definition) is 0. The molecule has 0 radical (unpaired) electrons. The SMILES string of the molecule is Cc1cccc(-n2c(-c3ccc(Cl)cc3)csc2=NC(=O)C(C)c2ccc(-c3ccccc3)c(F)c2)c1. The van der Waals surface area contributed by atoms with Crippen molar-refractivity contribution >= 4 is 28.8 Å². The van der Waals surface area contributed by atoms with Crippen LogP contribution in [0.5, 0.6) is 0 Å². The maximum absolute atomic E-state index is 15.0. The second-order valence-corrected chi connectivity index (χ2v) is 10.1. The van der Waals surface area contributed by atoms with Crippen LogP contribution >= 0.6 is 22.9 Å². The molecule has 184 valence electrons. The van der Waals surface area contributed by atoms with Crippen molar-refractivity contribution in [2.75, 3.05) is 0 Å². The molecule has 6 heteroatoms. The van der Waals surface area contributed by atoms with Crippen molar-refractivity contribution in [3.05, 3.63) is 129 Å². The molecule has 3 nitrogen and oxygen atoms in total. The molecule has 0 fully saturated rings. The Hall–Kier alpha value is -3.80. The highest BCUT2D eigenvalue weighted by Gasteiger charge is 2.18. The predicted octanol–water partition coefficient (Wildman–Crippen LogP) is 8.20. The molecule has 1 atom stereocenters. The van der Waals surface area contributed by atoms with E-state index in [2.05, 4.69) is 11.1 Å². The summed E-state index contributed by atoms with van der Waals surface area (Å²) in [5, 5.41) is 2.64. The van der Waals surface area contributed by atoms with E-state index in [0.717, 1.165) is 28.1 Å². The Labute approximate surface area is 224 Å². The van der Waals surface area contributed by atoms with Gasteiger partial charge in [-0.15, -0.1) is 11.3 Å². The zero-order valence-corrected chi connectivity index (χ0v) is 21.9. The van der Waals surface area contributed by atoms with Crippen molar-refractivity contribution in [3.8, 4) is 28.1 Å². The Balaban J connectivity index is 1.54. The number of amides is 1. The number of aromatic nitrogens is 1. The monoisotopic (exact) mass is 526 g/mol. The standard InChI is InChI=1S/C31H24ClFN2OS/c1-20-7-6-10-26(17-20)35-29(23-11-14-25(32)15-12-23)19-37-31(35)34-30(36)21(2)24-13-16-27(28(33)18-24)22-8-4-3-5-9-22/h3-19,21H,1-2H3. The lowest BCUT2D eigenvalue weighted by molar-refractivity contribution is -0.119. The largest absolute Gasteiger partial charge is 0.285 e. The van der Waals surface area contributed by atoms with Crippen LogP contribution in [0.1, 0.15) is 24.0 Å². The fraction of sp³-hybridized carbons (Fsp3) is 0.0968. The molecule has 0 bridgehead atoms. The Morgan fingerprint density at radius 2 is 1.68 bits per heavy atom. The number of halogens is 2. The molecule has 0 aliphatic rings. The summed E-state index contributed by atoms with van der Waals surface area (Å²) in [5.74, 6) is -1.30. The molecule has 1 amide bonds. The van der Waals surface area contributed by atoms with Gasteiger partial charge in [0.2, 0.25) is 0 Å². The summed E-state index contributed by atoms with van der Waals surface area (Å²) in [6.45, 7) is 3.78. The van der Waals surface area contributed by atoms with Gasteiger partial charge in [-0.1, -0.05) is 78.3 Å². The summed E-state index contributed by atoms with van der Waals surface area (Å²) in [5.41, 5.74) is 5.75. The Morgan fingerprint density at radius 3 is 2.38 bits per heavy atom.